The van der Waals surface area contributed by atoms with Crippen LogP contribution in [0, 0.1) is 0 Å². The van der Waals surface area contributed by atoms with Crippen LogP contribution in [0.25, 0.3) is 11.0 Å². The van der Waals surface area contributed by atoms with Crippen molar-refractivity contribution in [1.82, 2.24) is 19.4 Å². The normalized spacial score (nSPS) is 29.3. The fourth-order valence-corrected chi connectivity index (χ4v) is 5.04. The van der Waals surface area contributed by atoms with E-state index in [1.807, 2.05) is 0 Å². The minimum Gasteiger partial charge on any atom is -0.444 e. The lowest BCUT2D eigenvalue weighted by molar-refractivity contribution is -0.173. The summed E-state index contributed by atoms with van der Waals surface area (Å²) in [5.41, 5.74) is -4.40. The molecule has 0 bridgehead atoms. The molecule has 36 heavy (non-hydrogen) atoms. The van der Waals surface area contributed by atoms with Crippen LogP contribution in [-0.2, 0) is 21.4 Å². The number of carbonyl (C=O) groups excluding carboxylic acids is 3. The highest BCUT2D eigenvalue weighted by Gasteiger charge is 2.51. The summed E-state index contributed by atoms with van der Waals surface area (Å²) in [6.45, 7) is 4.88. The molecule has 4 radical (unpaired) electrons. The molecule has 3 unspecified atom stereocenters. The Morgan fingerprint density at radius 1 is 1.11 bits per heavy atom. The van der Waals surface area contributed by atoms with E-state index in [1.54, 1.807) is 46.0 Å². The summed E-state index contributed by atoms with van der Waals surface area (Å²) >= 11 is 0. The maximum absolute atomic E-state index is 13.0. The number of aliphatic hydroxyl groups is 2. The molecule has 3 atom stereocenters. The number of benzene rings is 1. The van der Waals surface area contributed by atoms with Gasteiger partial charge in [-0.15, -0.1) is 0 Å². The maximum Gasteiger partial charge on any atom is 0.413 e. The van der Waals surface area contributed by atoms with Gasteiger partial charge in [0.15, 0.2) is 0 Å². The Morgan fingerprint density at radius 2 is 1.72 bits per heavy atom. The zero-order valence-corrected chi connectivity index (χ0v) is 20.6. The van der Waals surface area contributed by atoms with Gasteiger partial charge in [-0.2, -0.15) is 0 Å². The first-order chi connectivity index (χ1) is 16.5. The van der Waals surface area contributed by atoms with Gasteiger partial charge in [0, 0.05) is 13.5 Å². The monoisotopic (exact) mass is 494 g/mol. The van der Waals surface area contributed by atoms with Gasteiger partial charge in [-0.3, -0.25) is 28.9 Å². The molecule has 2 aliphatic heterocycles. The van der Waals surface area contributed by atoms with Crippen molar-refractivity contribution < 1.29 is 29.3 Å². The molecule has 13 heteroatoms. The molecular weight excluding hydrogens is 466 g/mol. The van der Waals surface area contributed by atoms with E-state index in [-0.39, 0.29) is 31.6 Å². The van der Waals surface area contributed by atoms with Crippen molar-refractivity contribution >= 4 is 44.6 Å². The van der Waals surface area contributed by atoms with Crippen LogP contribution >= 0.6 is 0 Å². The molecule has 3 N–H and O–H groups in total. The van der Waals surface area contributed by atoms with Crippen LogP contribution in [0.2, 0.25) is 0 Å². The van der Waals surface area contributed by atoms with Crippen molar-refractivity contribution in [2.45, 2.75) is 75.3 Å². The van der Waals surface area contributed by atoms with Crippen LogP contribution in [0.15, 0.2) is 23.0 Å². The van der Waals surface area contributed by atoms with Crippen LogP contribution in [0.3, 0.4) is 0 Å². The number of piperidine rings is 2. The van der Waals surface area contributed by atoms with E-state index >= 15 is 0 Å². The number of nitrogens with one attached hydrogen (secondary N) is 1. The predicted molar refractivity (Wildman–Crippen MR) is 130 cm³/mol. The van der Waals surface area contributed by atoms with Crippen molar-refractivity contribution in [2.75, 3.05) is 0 Å². The van der Waals surface area contributed by atoms with Gasteiger partial charge >= 0.3 is 11.8 Å². The number of hydrogen-bond acceptors (Lipinski definition) is 7. The van der Waals surface area contributed by atoms with E-state index in [1.165, 1.54) is 9.13 Å². The van der Waals surface area contributed by atoms with E-state index in [0.29, 0.717) is 21.5 Å². The molecule has 1 aromatic heterocycles. The largest absolute Gasteiger partial charge is 0.444 e. The fourth-order valence-electron chi connectivity index (χ4n) is 5.04. The Balaban J connectivity index is 1.69. The average molecular weight is 494 g/mol. The van der Waals surface area contributed by atoms with Crippen LogP contribution < -0.4 is 11.0 Å². The molecule has 0 saturated carbocycles. The van der Waals surface area contributed by atoms with E-state index in [4.69, 9.17) is 20.4 Å². The van der Waals surface area contributed by atoms with Gasteiger partial charge in [0.25, 0.3) is 0 Å². The van der Waals surface area contributed by atoms with Crippen LogP contribution in [-0.4, -0.2) is 74.7 Å². The molecule has 2 fully saturated rings. The number of imide groups is 1. The van der Waals surface area contributed by atoms with Crippen molar-refractivity contribution in [3.63, 3.8) is 0 Å². The number of fused-ring (bicyclic) bond motifs is 1. The van der Waals surface area contributed by atoms with E-state index in [0.717, 1.165) is 0 Å². The Bertz CT molecular complexity index is 1290. The van der Waals surface area contributed by atoms with Gasteiger partial charge in [-0.25, -0.2) is 9.59 Å². The number of aromatic nitrogens is 2. The molecule has 11 nitrogen and oxygen atoms in total. The third kappa shape index (κ3) is 4.57. The first-order valence-electron chi connectivity index (χ1n) is 11.6. The molecule has 0 aliphatic carbocycles. The molecule has 2 saturated heterocycles. The molecule has 4 rings (SSSR count). The molecule has 3 amide bonds. The fraction of sp³-hybridized carbons (Fsp3) is 0.565. The second kappa shape index (κ2) is 8.52. The standard InChI is InChI=1S/C23H28B2N4O7/c1-21(2,3)36-20(33)29-22(24,34)10-13(11-23(29,25)35)12-5-6-14-16(9-12)27(4)19(32)28(14)15-7-8-17(30)26-18(15)31/h5-6,9,13,15,34-35H,7-8,10-11H2,1-4H3,(H,26,30,31). The van der Waals surface area contributed by atoms with Gasteiger partial charge in [-0.05, 0) is 63.6 Å². The highest BCUT2D eigenvalue weighted by Crippen LogP contribution is 2.43. The Labute approximate surface area is 210 Å². The minimum absolute atomic E-state index is 0.123. The van der Waals surface area contributed by atoms with Crippen molar-refractivity contribution in [1.29, 1.82) is 0 Å². The second-order valence-corrected chi connectivity index (χ2v) is 10.6. The van der Waals surface area contributed by atoms with Crippen LogP contribution in [0.5, 0.6) is 0 Å². The van der Waals surface area contributed by atoms with Gasteiger partial charge in [-0.1, -0.05) is 6.07 Å². The SMILES string of the molecule is [B]C1(O)CC(c2ccc3c(c2)n(C)c(=O)n3C2CCC(=O)NC2=O)CC([B])(O)N1C(=O)OC(C)(C)C. The van der Waals surface area contributed by atoms with Gasteiger partial charge < -0.3 is 14.9 Å². The van der Waals surface area contributed by atoms with Crippen LogP contribution in [0.4, 0.5) is 4.79 Å². The molecule has 0 spiro atoms. The van der Waals surface area contributed by atoms with E-state index in [2.05, 4.69) is 5.32 Å². The lowest BCUT2D eigenvalue weighted by Gasteiger charge is -2.53. The van der Waals surface area contributed by atoms with Crippen molar-refractivity contribution in [2.24, 2.45) is 7.05 Å². The number of rotatable bonds is 2. The van der Waals surface area contributed by atoms with Crippen molar-refractivity contribution in [3.8, 4) is 0 Å². The first-order valence-corrected chi connectivity index (χ1v) is 11.6. The summed E-state index contributed by atoms with van der Waals surface area (Å²) < 4.78 is 7.99. The van der Waals surface area contributed by atoms with E-state index in [9.17, 15) is 29.4 Å². The van der Waals surface area contributed by atoms with Crippen LogP contribution in [0.1, 0.15) is 64.0 Å². The van der Waals surface area contributed by atoms with Gasteiger partial charge in [0.2, 0.25) is 11.8 Å². The number of ether oxygens (including phenoxy) is 1. The van der Waals surface area contributed by atoms with E-state index < -0.39 is 46.5 Å². The topological polar surface area (TPSA) is 143 Å². The highest BCUT2D eigenvalue weighted by atomic mass is 16.6. The van der Waals surface area contributed by atoms with Gasteiger partial charge in [0.1, 0.15) is 27.3 Å². The smallest absolute Gasteiger partial charge is 0.413 e. The van der Waals surface area contributed by atoms with Gasteiger partial charge in [0.05, 0.1) is 22.3 Å². The lowest BCUT2D eigenvalue weighted by Crippen LogP contribution is -2.68. The number of imidazole rings is 1. The summed E-state index contributed by atoms with van der Waals surface area (Å²) in [4.78, 5) is 50.2. The number of likely N-dealkylation sites (tertiary alicyclic amines) is 1. The zero-order valence-electron chi connectivity index (χ0n) is 20.6. The molecule has 2 aliphatic rings. The number of amides is 3. The maximum atomic E-state index is 13.0. The highest BCUT2D eigenvalue weighted by molar-refractivity contribution is 6.19. The third-order valence-electron chi connectivity index (χ3n) is 6.55. The summed E-state index contributed by atoms with van der Waals surface area (Å²) in [6.07, 6.45) is -1.07. The second-order valence-electron chi connectivity index (χ2n) is 10.6. The average Bonchev–Trinajstić information content (AvgIpc) is 2.95. The molecule has 3 heterocycles. The minimum atomic E-state index is -2.33. The molecular formula is C23H28B2N4O7. The number of carbonyl (C=O) groups is 3. The quantitative estimate of drug-likeness (QED) is 0.396. The predicted octanol–water partition coefficient (Wildman–Crippen LogP) is 0.0614. The molecule has 2 aromatic rings. The number of hydrogen-bond donors (Lipinski definition) is 3. The number of nitrogens with zero attached hydrogens (tertiary/aromatic N) is 3. The Hall–Kier alpha value is -3.05. The molecule has 188 valence electrons. The Kier molecular flexibility index (Phi) is 6.16. The summed E-state index contributed by atoms with van der Waals surface area (Å²) in [6, 6.07) is 4.20. The molecule has 1 aromatic carbocycles. The Morgan fingerprint density at radius 3 is 2.28 bits per heavy atom. The first kappa shape index (κ1) is 26.0. The zero-order chi connectivity index (χ0) is 26.8. The lowest BCUT2D eigenvalue weighted by atomic mass is 9.66. The summed E-state index contributed by atoms with van der Waals surface area (Å²) in [5, 5.41) is 24.1. The third-order valence-corrected chi connectivity index (χ3v) is 6.55. The summed E-state index contributed by atoms with van der Waals surface area (Å²) in [5.74, 6) is -1.51. The number of aryl methyl sites for hydroxylation is 1. The summed E-state index contributed by atoms with van der Waals surface area (Å²) in [7, 11) is 13.7. The van der Waals surface area contributed by atoms with Crippen molar-refractivity contribution in [3.05, 3.63) is 34.2 Å².